The molecule has 0 unspecified atom stereocenters. The van der Waals surface area contributed by atoms with Crippen molar-refractivity contribution in [1.29, 1.82) is 0 Å². The zero-order valence-corrected chi connectivity index (χ0v) is 12.2. The van der Waals surface area contributed by atoms with Gasteiger partial charge in [-0.1, -0.05) is 35.2 Å². The van der Waals surface area contributed by atoms with E-state index in [0.717, 1.165) is 32.1 Å². The summed E-state index contributed by atoms with van der Waals surface area (Å²) in [5.74, 6) is -1.02. The van der Waals surface area contributed by atoms with Gasteiger partial charge in [-0.25, -0.2) is 4.39 Å². The first-order chi connectivity index (χ1) is 9.06. The number of halogens is 2. The van der Waals surface area contributed by atoms with Gasteiger partial charge < -0.3 is 10.4 Å². The fourth-order valence-corrected chi connectivity index (χ4v) is 2.87. The number of nitrogens with one attached hydrogen (secondary N) is 1. The number of hydrogen-bond donors (Lipinski definition) is 2. The Labute approximate surface area is 120 Å². The Bertz CT molecular complexity index is 473. The van der Waals surface area contributed by atoms with Crippen molar-refractivity contribution >= 4 is 21.8 Å². The summed E-state index contributed by atoms with van der Waals surface area (Å²) in [5, 5.41) is 12.3. The van der Waals surface area contributed by atoms with E-state index in [1.165, 1.54) is 12.1 Å². The standard InChI is InChI=1S/C14H17BrFNO2/c15-10-4-5-11(12(16)8-10)13(19)17-14(9-18)6-2-1-3-7-14/h4-5,8,18H,1-3,6-7,9H2,(H,17,19). The maximum Gasteiger partial charge on any atom is 0.254 e. The van der Waals surface area contributed by atoms with Gasteiger partial charge in [-0.3, -0.25) is 4.79 Å². The van der Waals surface area contributed by atoms with Crippen molar-refractivity contribution in [2.45, 2.75) is 37.6 Å². The van der Waals surface area contributed by atoms with Crippen LogP contribution in [0.25, 0.3) is 0 Å². The first kappa shape index (κ1) is 14.5. The molecular weight excluding hydrogens is 313 g/mol. The third-order valence-electron chi connectivity index (χ3n) is 3.67. The number of carbonyl (C=O) groups is 1. The van der Waals surface area contributed by atoms with E-state index in [1.807, 2.05) is 0 Å². The minimum atomic E-state index is -0.588. The van der Waals surface area contributed by atoms with Crippen LogP contribution in [0.5, 0.6) is 0 Å². The molecule has 1 saturated carbocycles. The van der Waals surface area contributed by atoms with E-state index in [4.69, 9.17) is 0 Å². The Morgan fingerprint density at radius 1 is 1.37 bits per heavy atom. The van der Waals surface area contributed by atoms with Crippen LogP contribution in [0.15, 0.2) is 22.7 Å². The molecule has 104 valence electrons. The highest BCUT2D eigenvalue weighted by Crippen LogP contribution is 2.28. The molecule has 1 fully saturated rings. The fourth-order valence-electron chi connectivity index (χ4n) is 2.53. The second kappa shape index (κ2) is 6.01. The lowest BCUT2D eigenvalue weighted by atomic mass is 9.82. The molecule has 0 heterocycles. The first-order valence-corrected chi connectivity index (χ1v) is 7.24. The summed E-state index contributed by atoms with van der Waals surface area (Å²) in [6, 6.07) is 4.34. The zero-order chi connectivity index (χ0) is 13.9. The van der Waals surface area contributed by atoms with Crippen LogP contribution >= 0.6 is 15.9 Å². The SMILES string of the molecule is O=C(NC1(CO)CCCCC1)c1ccc(Br)cc1F. The van der Waals surface area contributed by atoms with Crippen LogP contribution in [0.2, 0.25) is 0 Å². The molecule has 0 atom stereocenters. The number of aliphatic hydroxyl groups is 1. The van der Waals surface area contributed by atoms with Crippen LogP contribution < -0.4 is 5.32 Å². The number of benzene rings is 1. The molecule has 5 heteroatoms. The highest BCUT2D eigenvalue weighted by Gasteiger charge is 2.33. The van der Waals surface area contributed by atoms with Gasteiger partial charge in [-0.05, 0) is 31.0 Å². The zero-order valence-electron chi connectivity index (χ0n) is 10.6. The van der Waals surface area contributed by atoms with E-state index < -0.39 is 17.3 Å². The van der Waals surface area contributed by atoms with Gasteiger partial charge in [0.25, 0.3) is 5.91 Å². The van der Waals surface area contributed by atoms with Gasteiger partial charge in [-0.15, -0.1) is 0 Å². The molecule has 0 aliphatic heterocycles. The molecule has 0 saturated heterocycles. The minimum Gasteiger partial charge on any atom is -0.394 e. The minimum absolute atomic E-state index is 0.0154. The van der Waals surface area contributed by atoms with Crippen LogP contribution in [-0.4, -0.2) is 23.2 Å². The summed E-state index contributed by atoms with van der Waals surface area (Å²) < 4.78 is 14.3. The molecule has 0 radical (unpaired) electrons. The van der Waals surface area contributed by atoms with Crippen molar-refractivity contribution < 1.29 is 14.3 Å². The van der Waals surface area contributed by atoms with Crippen LogP contribution in [0.4, 0.5) is 4.39 Å². The average Bonchev–Trinajstić information content (AvgIpc) is 2.39. The van der Waals surface area contributed by atoms with Crippen LogP contribution in [0.3, 0.4) is 0 Å². The molecule has 0 aromatic heterocycles. The monoisotopic (exact) mass is 329 g/mol. The quantitative estimate of drug-likeness (QED) is 0.895. The van der Waals surface area contributed by atoms with Crippen LogP contribution in [-0.2, 0) is 0 Å². The Morgan fingerprint density at radius 3 is 2.63 bits per heavy atom. The van der Waals surface area contributed by atoms with Crippen LogP contribution in [0, 0.1) is 5.82 Å². The Morgan fingerprint density at radius 2 is 2.05 bits per heavy atom. The molecule has 1 aromatic rings. The number of amides is 1. The Balaban J connectivity index is 2.15. The molecule has 0 spiro atoms. The topological polar surface area (TPSA) is 49.3 Å². The summed E-state index contributed by atoms with van der Waals surface area (Å²) in [7, 11) is 0. The molecule has 2 rings (SSSR count). The average molecular weight is 330 g/mol. The van der Waals surface area contributed by atoms with Gasteiger partial charge in [0.05, 0.1) is 17.7 Å². The van der Waals surface area contributed by atoms with E-state index in [-0.39, 0.29) is 12.2 Å². The van der Waals surface area contributed by atoms with E-state index >= 15 is 0 Å². The van der Waals surface area contributed by atoms with E-state index in [2.05, 4.69) is 21.2 Å². The molecule has 0 bridgehead atoms. The van der Waals surface area contributed by atoms with Crippen molar-refractivity contribution in [3.05, 3.63) is 34.1 Å². The van der Waals surface area contributed by atoms with Gasteiger partial charge in [0, 0.05) is 4.47 Å². The largest absolute Gasteiger partial charge is 0.394 e. The van der Waals surface area contributed by atoms with Gasteiger partial charge in [0.15, 0.2) is 0 Å². The summed E-state index contributed by atoms with van der Waals surface area (Å²) in [5.41, 5.74) is -0.573. The van der Waals surface area contributed by atoms with Crippen molar-refractivity contribution in [3.63, 3.8) is 0 Å². The van der Waals surface area contributed by atoms with Gasteiger partial charge in [0.2, 0.25) is 0 Å². The molecule has 1 aromatic carbocycles. The summed E-state index contributed by atoms with van der Waals surface area (Å²) in [4.78, 5) is 12.1. The lowest BCUT2D eigenvalue weighted by Crippen LogP contribution is -2.52. The molecule has 3 nitrogen and oxygen atoms in total. The van der Waals surface area contributed by atoms with E-state index in [9.17, 15) is 14.3 Å². The van der Waals surface area contributed by atoms with Crippen LogP contribution in [0.1, 0.15) is 42.5 Å². The summed E-state index contributed by atoms with van der Waals surface area (Å²) in [6.45, 7) is -0.100. The second-order valence-electron chi connectivity index (χ2n) is 5.08. The van der Waals surface area contributed by atoms with Crippen molar-refractivity contribution in [1.82, 2.24) is 5.32 Å². The lowest BCUT2D eigenvalue weighted by molar-refractivity contribution is 0.0755. The van der Waals surface area contributed by atoms with E-state index in [0.29, 0.717) is 4.47 Å². The summed E-state index contributed by atoms with van der Waals surface area (Å²) in [6.07, 6.45) is 4.55. The Kier molecular flexibility index (Phi) is 4.58. The van der Waals surface area contributed by atoms with Gasteiger partial charge in [-0.2, -0.15) is 0 Å². The van der Waals surface area contributed by atoms with Gasteiger partial charge >= 0.3 is 0 Å². The smallest absolute Gasteiger partial charge is 0.254 e. The highest BCUT2D eigenvalue weighted by molar-refractivity contribution is 9.10. The Hall–Kier alpha value is -0.940. The first-order valence-electron chi connectivity index (χ1n) is 6.45. The molecular formula is C14H17BrFNO2. The number of rotatable bonds is 3. The number of carbonyl (C=O) groups excluding carboxylic acids is 1. The molecule has 1 aliphatic rings. The molecule has 1 amide bonds. The highest BCUT2D eigenvalue weighted by atomic mass is 79.9. The maximum atomic E-state index is 13.7. The van der Waals surface area contributed by atoms with Crippen molar-refractivity contribution in [2.24, 2.45) is 0 Å². The molecule has 2 N–H and O–H groups in total. The third-order valence-corrected chi connectivity index (χ3v) is 4.16. The fraction of sp³-hybridized carbons (Fsp3) is 0.500. The van der Waals surface area contributed by atoms with Crippen molar-refractivity contribution in [2.75, 3.05) is 6.61 Å². The predicted octanol–water partition coefficient (Wildman–Crippen LogP) is 3.01. The lowest BCUT2D eigenvalue weighted by Gasteiger charge is -2.36. The van der Waals surface area contributed by atoms with Crippen molar-refractivity contribution in [3.8, 4) is 0 Å². The molecule has 1 aliphatic carbocycles. The molecule has 19 heavy (non-hydrogen) atoms. The summed E-state index contributed by atoms with van der Waals surface area (Å²) >= 11 is 3.16. The number of aliphatic hydroxyl groups excluding tert-OH is 1. The second-order valence-corrected chi connectivity index (χ2v) is 5.99. The third kappa shape index (κ3) is 3.34. The normalized spacial score (nSPS) is 18.1. The van der Waals surface area contributed by atoms with E-state index in [1.54, 1.807) is 6.07 Å². The predicted molar refractivity (Wildman–Crippen MR) is 74.5 cm³/mol. The maximum absolute atomic E-state index is 13.7. The van der Waals surface area contributed by atoms with Gasteiger partial charge in [0.1, 0.15) is 5.82 Å². The number of hydrogen-bond acceptors (Lipinski definition) is 2.